The van der Waals surface area contributed by atoms with Gasteiger partial charge in [-0.1, -0.05) is 24.3 Å². The molecule has 0 saturated carbocycles. The Hall–Kier alpha value is -3.87. The lowest BCUT2D eigenvalue weighted by Crippen LogP contribution is -2.44. The summed E-state index contributed by atoms with van der Waals surface area (Å²) in [6.45, 7) is 2.49. The quantitative estimate of drug-likeness (QED) is 0.0784. The molecule has 5 N–H and O–H groups in total. The number of aliphatic hydroxyl groups is 1. The number of Topliss-reactive ketones (excluding diaryl/α,β-unsaturated/α-hetero) is 2. The van der Waals surface area contributed by atoms with E-state index in [0.717, 1.165) is 12.1 Å². The number of carbonyl (C=O) groups excluding carboxylic acids is 2. The first-order valence-electron chi connectivity index (χ1n) is 10.5. The number of sulfonamides is 1. The largest absolute Gasteiger partial charge is 0.383 e. The third-order valence-corrected chi connectivity index (χ3v) is 8.08. The molecule has 1 aliphatic rings. The van der Waals surface area contributed by atoms with E-state index < -0.39 is 38.8 Å². The third kappa shape index (κ3) is 5.05. The zero-order chi connectivity index (χ0) is 26.3. The maximum absolute atomic E-state index is 13.8. The van der Waals surface area contributed by atoms with Crippen molar-refractivity contribution in [2.75, 3.05) is 10.6 Å². The molecular weight excluding hydrogens is 507 g/mol. The summed E-state index contributed by atoms with van der Waals surface area (Å²) in [6.07, 6.45) is 0. The first kappa shape index (κ1) is 25.2. The van der Waals surface area contributed by atoms with Crippen LogP contribution in [0.15, 0.2) is 76.3 Å². The molecule has 0 spiro atoms. The molecule has 0 atom stereocenters. The number of thiophene rings is 1. The average molecular weight is 529 g/mol. The van der Waals surface area contributed by atoms with Gasteiger partial charge in [-0.15, -0.1) is 11.3 Å². The van der Waals surface area contributed by atoms with Crippen LogP contribution in [-0.2, 0) is 10.0 Å². The van der Waals surface area contributed by atoms with Gasteiger partial charge in [0.05, 0.1) is 16.3 Å². The second-order valence-corrected chi connectivity index (χ2v) is 11.4. The van der Waals surface area contributed by atoms with E-state index in [2.05, 4.69) is 10.6 Å². The van der Waals surface area contributed by atoms with E-state index in [-0.39, 0.29) is 26.0 Å². The van der Waals surface area contributed by atoms with E-state index in [9.17, 15) is 27.5 Å². The second kappa shape index (κ2) is 9.30. The molecule has 1 aliphatic heterocycles. The lowest BCUT2D eigenvalue weighted by Gasteiger charge is -2.19. The summed E-state index contributed by atoms with van der Waals surface area (Å²) in [6, 6.07) is 14.3. The zero-order valence-electron chi connectivity index (χ0n) is 19.0. The molecule has 0 unspecified atom stereocenters. The van der Waals surface area contributed by atoms with Gasteiger partial charge >= 0.3 is 0 Å². The number of allylic oxidation sites excluding steroid dienone is 1. The van der Waals surface area contributed by atoms with Gasteiger partial charge in [-0.05, 0) is 50.2 Å². The molecule has 0 aliphatic carbocycles. The van der Waals surface area contributed by atoms with Crippen molar-refractivity contribution >= 4 is 50.1 Å². The molecule has 3 aromatic rings. The number of benzene rings is 2. The van der Waals surface area contributed by atoms with Gasteiger partial charge < -0.3 is 15.7 Å². The predicted molar refractivity (Wildman–Crippen MR) is 134 cm³/mol. The fraction of sp³-hybridized carbons (Fsp3) is 0.125. The van der Waals surface area contributed by atoms with Crippen LogP contribution < -0.4 is 15.4 Å². The van der Waals surface area contributed by atoms with E-state index in [1.54, 1.807) is 24.3 Å². The fourth-order valence-corrected chi connectivity index (χ4v) is 5.63. The van der Waals surface area contributed by atoms with Gasteiger partial charge in [-0.25, -0.2) is 12.8 Å². The minimum absolute atomic E-state index is 0.0601. The number of para-hydroxylation sites is 2. The lowest BCUT2D eigenvalue weighted by atomic mass is 9.98. The highest BCUT2D eigenvalue weighted by atomic mass is 32.2. The smallest absolute Gasteiger partial charge is 0.272 e. The highest BCUT2D eigenvalue weighted by molar-refractivity contribution is 7.92. The topological polar surface area (TPSA) is 148 Å². The van der Waals surface area contributed by atoms with E-state index >= 15 is 0 Å². The highest BCUT2D eigenvalue weighted by Gasteiger charge is 2.32. The summed E-state index contributed by atoms with van der Waals surface area (Å²) in [4.78, 5) is 26.9. The van der Waals surface area contributed by atoms with Crippen LogP contribution in [0.1, 0.15) is 33.9 Å². The number of carbonyl (C=O) groups is 2. The molecule has 0 bridgehead atoms. The summed E-state index contributed by atoms with van der Waals surface area (Å²) in [5.74, 6) is -2.77. The standard InChI is InChI=1S/C24H21FN4O5S2/c1-24(2,32)23(26)29-36(33,34)18-11-10-17(35-18)21(31)19(20(30)13-6-5-7-14(25)12-13)22-27-15-8-3-4-9-16(15)28-22/h3-12,27-28,32H,1-2H3,(H2,26,29). The number of halogens is 1. The molecule has 2 heterocycles. The Kier molecular flexibility index (Phi) is 6.52. The van der Waals surface area contributed by atoms with Gasteiger partial charge in [-0.3, -0.25) is 19.7 Å². The van der Waals surface area contributed by atoms with E-state index in [1.807, 2.05) is 4.72 Å². The van der Waals surface area contributed by atoms with Crippen molar-refractivity contribution in [3.8, 4) is 0 Å². The molecule has 2 aromatic carbocycles. The molecule has 0 amide bonds. The van der Waals surface area contributed by atoms with Crippen LogP contribution in [0.25, 0.3) is 0 Å². The van der Waals surface area contributed by atoms with Gasteiger partial charge in [-0.2, -0.15) is 0 Å². The van der Waals surface area contributed by atoms with Gasteiger partial charge in [0.15, 0.2) is 0 Å². The maximum atomic E-state index is 13.8. The van der Waals surface area contributed by atoms with Crippen molar-refractivity contribution in [2.24, 2.45) is 0 Å². The summed E-state index contributed by atoms with van der Waals surface area (Å²) in [5.41, 5.74) is -0.885. The number of hydrogen-bond acceptors (Lipinski definition) is 9. The molecule has 36 heavy (non-hydrogen) atoms. The van der Waals surface area contributed by atoms with Crippen molar-refractivity contribution < 1.29 is 27.5 Å². The first-order valence-corrected chi connectivity index (χ1v) is 12.8. The second-order valence-electron chi connectivity index (χ2n) is 8.37. The number of anilines is 2. The Balaban J connectivity index is 1.73. The lowest BCUT2D eigenvalue weighted by molar-refractivity contribution is 0.0963. The number of ketones is 2. The number of amidine groups is 1. The summed E-state index contributed by atoms with van der Waals surface area (Å²) < 4.78 is 40.9. The van der Waals surface area contributed by atoms with Crippen molar-refractivity contribution in [1.82, 2.24) is 4.72 Å². The van der Waals surface area contributed by atoms with Crippen molar-refractivity contribution in [2.45, 2.75) is 23.7 Å². The number of rotatable bonds is 7. The Labute approximate surface area is 210 Å². The monoisotopic (exact) mass is 528 g/mol. The Morgan fingerprint density at radius 2 is 1.64 bits per heavy atom. The van der Waals surface area contributed by atoms with Crippen LogP contribution in [0.4, 0.5) is 15.8 Å². The van der Waals surface area contributed by atoms with Gasteiger partial charge in [0.1, 0.15) is 32.9 Å². The average Bonchev–Trinajstić information content (AvgIpc) is 3.46. The predicted octanol–water partition coefficient (Wildman–Crippen LogP) is 3.73. The van der Waals surface area contributed by atoms with Crippen LogP contribution in [0.3, 0.4) is 0 Å². The van der Waals surface area contributed by atoms with Crippen molar-refractivity contribution in [3.05, 3.63) is 88.3 Å². The van der Waals surface area contributed by atoms with E-state index in [4.69, 9.17) is 5.41 Å². The molecule has 0 saturated heterocycles. The fourth-order valence-electron chi connectivity index (χ4n) is 3.25. The minimum atomic E-state index is -4.27. The molecule has 1 aromatic heterocycles. The molecule has 186 valence electrons. The molecular formula is C24H21FN4O5S2. The summed E-state index contributed by atoms with van der Waals surface area (Å²) >= 11 is 0.593. The Morgan fingerprint density at radius 1 is 1.00 bits per heavy atom. The number of fused-ring (bicyclic) bond motifs is 1. The van der Waals surface area contributed by atoms with Crippen LogP contribution in [-0.4, -0.2) is 36.5 Å². The van der Waals surface area contributed by atoms with Crippen LogP contribution >= 0.6 is 11.3 Å². The number of nitrogens with one attached hydrogen (secondary N) is 4. The van der Waals surface area contributed by atoms with Crippen LogP contribution in [0.2, 0.25) is 0 Å². The Bertz CT molecular complexity index is 1510. The van der Waals surface area contributed by atoms with Crippen LogP contribution in [0, 0.1) is 11.2 Å². The van der Waals surface area contributed by atoms with E-state index in [1.165, 1.54) is 38.1 Å². The first-order chi connectivity index (χ1) is 16.9. The molecule has 12 heteroatoms. The van der Waals surface area contributed by atoms with E-state index in [0.29, 0.717) is 22.7 Å². The van der Waals surface area contributed by atoms with Gasteiger partial charge in [0.2, 0.25) is 11.6 Å². The summed E-state index contributed by atoms with van der Waals surface area (Å²) in [7, 11) is -4.27. The highest BCUT2D eigenvalue weighted by Crippen LogP contribution is 2.34. The molecule has 0 fully saturated rings. The van der Waals surface area contributed by atoms with Gasteiger partial charge in [0.25, 0.3) is 10.0 Å². The normalized spacial score (nSPS) is 12.8. The maximum Gasteiger partial charge on any atom is 0.272 e. The number of hydrogen-bond donors (Lipinski definition) is 5. The van der Waals surface area contributed by atoms with Gasteiger partial charge in [0, 0.05) is 5.56 Å². The van der Waals surface area contributed by atoms with Crippen molar-refractivity contribution in [1.29, 1.82) is 5.41 Å². The minimum Gasteiger partial charge on any atom is -0.383 e. The van der Waals surface area contributed by atoms with Crippen LogP contribution in [0.5, 0.6) is 0 Å². The summed E-state index contributed by atoms with van der Waals surface area (Å²) in [5, 5.41) is 23.6. The zero-order valence-corrected chi connectivity index (χ0v) is 20.7. The Morgan fingerprint density at radius 3 is 2.22 bits per heavy atom. The van der Waals surface area contributed by atoms with Crippen molar-refractivity contribution in [3.63, 3.8) is 0 Å². The SMILES string of the molecule is CC(C)(O)C(=N)NS(=O)(=O)c1ccc(C(=O)C(C(=O)c2cccc(F)c2)=C2Nc3ccccc3N2)s1. The third-order valence-electron chi connectivity index (χ3n) is 5.16. The molecule has 0 radical (unpaired) electrons. The molecule has 9 nitrogen and oxygen atoms in total. The molecule has 4 rings (SSSR count).